The molecule has 124 valence electrons. The molecule has 2 saturated heterocycles. The number of amides is 2. The summed E-state index contributed by atoms with van der Waals surface area (Å²) in [5.41, 5.74) is 3.23. The molecule has 2 fully saturated rings. The molecular formula is C19H26N2O2. The van der Waals surface area contributed by atoms with Gasteiger partial charge in [0.1, 0.15) is 0 Å². The molecule has 1 aromatic rings. The van der Waals surface area contributed by atoms with Crippen LogP contribution in [0.25, 0.3) is 0 Å². The van der Waals surface area contributed by atoms with Crippen LogP contribution >= 0.6 is 0 Å². The van der Waals surface area contributed by atoms with Gasteiger partial charge < -0.3 is 9.80 Å². The average molecular weight is 314 g/mol. The average Bonchev–Trinajstić information content (AvgIpc) is 2.89. The molecule has 1 unspecified atom stereocenters. The zero-order valence-electron chi connectivity index (χ0n) is 14.3. The lowest BCUT2D eigenvalue weighted by molar-refractivity contribution is -0.137. The summed E-state index contributed by atoms with van der Waals surface area (Å²) < 4.78 is 0. The van der Waals surface area contributed by atoms with Crippen molar-refractivity contribution in [2.75, 3.05) is 24.5 Å². The van der Waals surface area contributed by atoms with E-state index >= 15 is 0 Å². The first-order chi connectivity index (χ1) is 11.0. The third-order valence-electron chi connectivity index (χ3n) is 5.21. The molecule has 4 nitrogen and oxygen atoms in total. The molecule has 0 bridgehead atoms. The molecule has 4 heteroatoms. The van der Waals surface area contributed by atoms with Crippen LogP contribution in [0.3, 0.4) is 0 Å². The van der Waals surface area contributed by atoms with E-state index in [9.17, 15) is 9.59 Å². The normalized spacial score (nSPS) is 22.7. The Bertz CT molecular complexity index is 618. The zero-order valence-corrected chi connectivity index (χ0v) is 14.3. The number of likely N-dealkylation sites (tertiary alicyclic amines) is 1. The molecule has 0 radical (unpaired) electrons. The van der Waals surface area contributed by atoms with E-state index in [-0.39, 0.29) is 17.7 Å². The second kappa shape index (κ2) is 6.34. The number of benzene rings is 1. The zero-order chi connectivity index (χ0) is 16.6. The van der Waals surface area contributed by atoms with Gasteiger partial charge in [-0.15, -0.1) is 0 Å². The van der Waals surface area contributed by atoms with E-state index in [1.54, 1.807) is 4.90 Å². The monoisotopic (exact) mass is 314 g/mol. The maximum Gasteiger partial charge on any atom is 0.228 e. The van der Waals surface area contributed by atoms with E-state index in [0.29, 0.717) is 18.9 Å². The predicted octanol–water partition coefficient (Wildman–Crippen LogP) is 2.91. The summed E-state index contributed by atoms with van der Waals surface area (Å²) in [6.45, 7) is 8.52. The third kappa shape index (κ3) is 3.26. The first kappa shape index (κ1) is 16.0. The molecule has 0 aromatic heterocycles. The molecule has 1 aromatic carbocycles. The number of piperidine rings is 1. The van der Waals surface area contributed by atoms with Crippen LogP contribution in [0.4, 0.5) is 5.69 Å². The molecule has 0 aliphatic carbocycles. The summed E-state index contributed by atoms with van der Waals surface area (Å²) in [7, 11) is 0. The second-order valence-electron chi connectivity index (χ2n) is 7.20. The van der Waals surface area contributed by atoms with Crippen molar-refractivity contribution in [1.29, 1.82) is 0 Å². The highest BCUT2D eigenvalue weighted by Gasteiger charge is 2.38. The van der Waals surface area contributed by atoms with Gasteiger partial charge in [-0.2, -0.15) is 0 Å². The van der Waals surface area contributed by atoms with Gasteiger partial charge in [-0.05, 0) is 44.2 Å². The van der Waals surface area contributed by atoms with Gasteiger partial charge in [-0.3, -0.25) is 9.59 Å². The predicted molar refractivity (Wildman–Crippen MR) is 91.4 cm³/mol. The van der Waals surface area contributed by atoms with Crippen molar-refractivity contribution in [2.45, 2.75) is 40.0 Å². The minimum atomic E-state index is -0.184. The Morgan fingerprint density at radius 1 is 1.17 bits per heavy atom. The van der Waals surface area contributed by atoms with Gasteiger partial charge in [0.05, 0.1) is 5.92 Å². The van der Waals surface area contributed by atoms with Crippen molar-refractivity contribution in [3.8, 4) is 0 Å². The molecule has 0 spiro atoms. The summed E-state index contributed by atoms with van der Waals surface area (Å²) in [6, 6.07) is 6.11. The Labute approximate surface area is 138 Å². The lowest BCUT2D eigenvalue weighted by atomic mass is 9.97. The molecule has 0 saturated carbocycles. The summed E-state index contributed by atoms with van der Waals surface area (Å²) in [5.74, 6) is 0.755. The summed E-state index contributed by atoms with van der Waals surface area (Å²) in [6.07, 6.45) is 2.50. The molecule has 2 heterocycles. The molecule has 2 aliphatic rings. The number of carbonyl (C=O) groups excluding carboxylic acids is 2. The van der Waals surface area contributed by atoms with Gasteiger partial charge in [-0.25, -0.2) is 0 Å². The van der Waals surface area contributed by atoms with Gasteiger partial charge in [0.15, 0.2) is 0 Å². The van der Waals surface area contributed by atoms with Gasteiger partial charge in [0.2, 0.25) is 11.8 Å². The fourth-order valence-corrected chi connectivity index (χ4v) is 3.70. The topological polar surface area (TPSA) is 40.6 Å². The Morgan fingerprint density at radius 3 is 2.52 bits per heavy atom. The van der Waals surface area contributed by atoms with Crippen LogP contribution in [0.2, 0.25) is 0 Å². The number of anilines is 1. The van der Waals surface area contributed by atoms with Crippen molar-refractivity contribution in [3.05, 3.63) is 29.3 Å². The first-order valence-electron chi connectivity index (χ1n) is 8.62. The van der Waals surface area contributed by atoms with Crippen LogP contribution in [0.5, 0.6) is 0 Å². The lowest BCUT2D eigenvalue weighted by Crippen LogP contribution is -2.42. The summed E-state index contributed by atoms with van der Waals surface area (Å²) in [5, 5.41) is 0. The summed E-state index contributed by atoms with van der Waals surface area (Å²) in [4.78, 5) is 28.9. The van der Waals surface area contributed by atoms with Crippen molar-refractivity contribution >= 4 is 17.5 Å². The molecule has 3 rings (SSSR count). The number of carbonyl (C=O) groups is 2. The largest absolute Gasteiger partial charge is 0.342 e. The van der Waals surface area contributed by atoms with Crippen LogP contribution in [-0.2, 0) is 9.59 Å². The standard InChI is InChI=1S/C19H26N2O2/c1-13-6-8-20(9-7-13)19(23)16-11-18(22)21(12-16)17-5-4-14(2)10-15(17)3/h4-5,10,13,16H,6-9,11-12H2,1-3H3. The second-order valence-corrected chi connectivity index (χ2v) is 7.20. The van der Waals surface area contributed by atoms with Crippen molar-refractivity contribution < 1.29 is 9.59 Å². The minimum Gasteiger partial charge on any atom is -0.342 e. The van der Waals surface area contributed by atoms with Crippen molar-refractivity contribution in [1.82, 2.24) is 4.90 Å². The van der Waals surface area contributed by atoms with Crippen LogP contribution < -0.4 is 4.90 Å². The van der Waals surface area contributed by atoms with Gasteiger partial charge in [-0.1, -0.05) is 24.6 Å². The van der Waals surface area contributed by atoms with E-state index in [4.69, 9.17) is 0 Å². The number of hydrogen-bond acceptors (Lipinski definition) is 2. The number of nitrogens with zero attached hydrogens (tertiary/aromatic N) is 2. The van der Waals surface area contributed by atoms with Crippen LogP contribution in [0, 0.1) is 25.7 Å². The molecule has 2 amide bonds. The number of hydrogen-bond donors (Lipinski definition) is 0. The van der Waals surface area contributed by atoms with Crippen molar-refractivity contribution in [2.24, 2.45) is 11.8 Å². The van der Waals surface area contributed by atoms with E-state index in [1.165, 1.54) is 5.56 Å². The first-order valence-corrected chi connectivity index (χ1v) is 8.62. The number of rotatable bonds is 2. The van der Waals surface area contributed by atoms with Crippen molar-refractivity contribution in [3.63, 3.8) is 0 Å². The molecule has 2 aliphatic heterocycles. The van der Waals surface area contributed by atoms with Crippen LogP contribution in [-0.4, -0.2) is 36.3 Å². The minimum absolute atomic E-state index is 0.0701. The van der Waals surface area contributed by atoms with Gasteiger partial charge in [0, 0.05) is 31.7 Å². The van der Waals surface area contributed by atoms with E-state index in [1.807, 2.05) is 30.9 Å². The van der Waals surface area contributed by atoms with Crippen LogP contribution in [0.15, 0.2) is 18.2 Å². The Kier molecular flexibility index (Phi) is 4.42. The quantitative estimate of drug-likeness (QED) is 0.842. The highest BCUT2D eigenvalue weighted by atomic mass is 16.2. The number of aryl methyl sites for hydroxylation is 2. The molecule has 0 N–H and O–H groups in total. The maximum absolute atomic E-state index is 12.7. The third-order valence-corrected chi connectivity index (χ3v) is 5.21. The Hall–Kier alpha value is -1.84. The van der Waals surface area contributed by atoms with Gasteiger partial charge in [0.25, 0.3) is 0 Å². The molecule has 1 atom stereocenters. The summed E-state index contributed by atoms with van der Waals surface area (Å²) >= 11 is 0. The maximum atomic E-state index is 12.7. The highest BCUT2D eigenvalue weighted by Crippen LogP contribution is 2.30. The fraction of sp³-hybridized carbons (Fsp3) is 0.579. The Morgan fingerprint density at radius 2 is 1.87 bits per heavy atom. The van der Waals surface area contributed by atoms with Gasteiger partial charge >= 0.3 is 0 Å². The Balaban J connectivity index is 1.71. The fourth-order valence-electron chi connectivity index (χ4n) is 3.70. The highest BCUT2D eigenvalue weighted by molar-refractivity contribution is 6.00. The van der Waals surface area contributed by atoms with Crippen LogP contribution in [0.1, 0.15) is 37.3 Å². The molecule has 23 heavy (non-hydrogen) atoms. The van der Waals surface area contributed by atoms with E-state index in [2.05, 4.69) is 13.0 Å². The van der Waals surface area contributed by atoms with E-state index < -0.39 is 0 Å². The van der Waals surface area contributed by atoms with E-state index in [0.717, 1.165) is 37.2 Å². The smallest absolute Gasteiger partial charge is 0.228 e. The lowest BCUT2D eigenvalue weighted by Gasteiger charge is -2.32. The SMILES string of the molecule is Cc1ccc(N2CC(C(=O)N3CCC(C)CC3)CC2=O)c(C)c1. The molecular weight excluding hydrogens is 288 g/mol.